The van der Waals surface area contributed by atoms with E-state index in [0.717, 1.165) is 5.56 Å². The summed E-state index contributed by atoms with van der Waals surface area (Å²) in [5.41, 5.74) is 1.10. The molecule has 0 N–H and O–H groups in total. The first kappa shape index (κ1) is 10.4. The molecule has 0 atom stereocenters. The van der Waals surface area contributed by atoms with Gasteiger partial charge in [0, 0.05) is 19.5 Å². The first-order valence-electron chi connectivity index (χ1n) is 3.10. The van der Waals surface area contributed by atoms with Crippen LogP contribution in [0.5, 0.6) is 0 Å². The maximum atomic E-state index is 4.64. The van der Waals surface area contributed by atoms with Crippen molar-refractivity contribution in [1.29, 1.82) is 0 Å². The smallest absolute Gasteiger partial charge is 0.0511 e. The standard InChI is InChI=1S/C9H9O.Rh/c1-10-8-7-9-5-3-2-4-6-9;/h2-7H,1H3;/q-1;. The van der Waals surface area contributed by atoms with Crippen LogP contribution in [0.1, 0.15) is 5.56 Å². The van der Waals surface area contributed by atoms with Crippen molar-refractivity contribution in [1.82, 2.24) is 0 Å². The number of benzene rings is 1. The molecule has 0 unspecified atom stereocenters. The molecule has 0 aliphatic carbocycles. The van der Waals surface area contributed by atoms with Gasteiger partial charge < -0.3 is 4.74 Å². The Morgan fingerprint density at radius 1 is 1.27 bits per heavy atom. The molecule has 0 aliphatic rings. The molecule has 0 saturated carbocycles. The molecule has 0 aromatic heterocycles. The van der Waals surface area contributed by atoms with E-state index in [9.17, 15) is 0 Å². The summed E-state index contributed by atoms with van der Waals surface area (Å²) >= 11 is 0. The Morgan fingerprint density at radius 2 is 1.91 bits per heavy atom. The number of rotatable bonds is 2. The van der Waals surface area contributed by atoms with Crippen molar-refractivity contribution in [3.05, 3.63) is 42.2 Å². The molecule has 2 heteroatoms. The van der Waals surface area contributed by atoms with E-state index < -0.39 is 0 Å². The van der Waals surface area contributed by atoms with Crippen LogP contribution in [0.25, 0.3) is 6.08 Å². The minimum absolute atomic E-state index is 0. The van der Waals surface area contributed by atoms with E-state index in [1.54, 1.807) is 13.2 Å². The molecule has 0 heterocycles. The summed E-state index contributed by atoms with van der Waals surface area (Å²) < 4.78 is 4.64. The quantitative estimate of drug-likeness (QED) is 0.434. The molecule has 11 heavy (non-hydrogen) atoms. The van der Waals surface area contributed by atoms with Gasteiger partial charge in [-0.15, -0.1) is 12.1 Å². The van der Waals surface area contributed by atoms with Crippen molar-refractivity contribution in [2.75, 3.05) is 7.11 Å². The Balaban J connectivity index is 0.000001000. The number of hydrogen-bond donors (Lipinski definition) is 0. The molecule has 0 bridgehead atoms. The molecule has 1 nitrogen and oxygen atoms in total. The fourth-order valence-corrected chi connectivity index (χ4v) is 0.676. The predicted octanol–water partition coefficient (Wildman–Crippen LogP) is 2.10. The molecule has 0 spiro atoms. The van der Waals surface area contributed by atoms with Crippen molar-refractivity contribution in [3.8, 4) is 0 Å². The summed E-state index contributed by atoms with van der Waals surface area (Å²) in [4.78, 5) is 0. The number of ether oxygens (including phenoxy) is 1. The van der Waals surface area contributed by atoms with Crippen LogP contribution in [0.2, 0.25) is 0 Å². The molecule has 0 amide bonds. The van der Waals surface area contributed by atoms with E-state index in [-0.39, 0.29) is 19.5 Å². The second-order valence-corrected chi connectivity index (χ2v) is 1.88. The number of methoxy groups -OCH3 is 1. The largest absolute Gasteiger partial charge is 0.596 e. The van der Waals surface area contributed by atoms with Crippen LogP contribution >= 0.6 is 0 Å². The molecule has 0 fully saturated rings. The molecular formula is C9H9ORh-. The van der Waals surface area contributed by atoms with Crippen LogP contribution < -0.4 is 0 Å². The normalized spacial score (nSPS) is 9.18. The summed E-state index contributed by atoms with van der Waals surface area (Å²) in [6.45, 7) is 0. The third-order valence-corrected chi connectivity index (χ3v) is 1.14. The second kappa shape index (κ2) is 6.12. The molecule has 1 aromatic carbocycles. The van der Waals surface area contributed by atoms with E-state index in [2.05, 4.69) is 11.0 Å². The fourth-order valence-electron chi connectivity index (χ4n) is 0.676. The van der Waals surface area contributed by atoms with Crippen molar-refractivity contribution >= 4 is 6.08 Å². The van der Waals surface area contributed by atoms with E-state index >= 15 is 0 Å². The first-order chi connectivity index (χ1) is 4.93. The summed E-state index contributed by atoms with van der Waals surface area (Å²) in [6, 6.07) is 9.91. The molecular weight excluding hydrogens is 227 g/mol. The monoisotopic (exact) mass is 236 g/mol. The van der Waals surface area contributed by atoms with Crippen molar-refractivity contribution < 1.29 is 24.2 Å². The summed E-state index contributed by atoms with van der Waals surface area (Å²) in [7, 11) is 1.58. The Morgan fingerprint density at radius 3 is 2.45 bits per heavy atom. The van der Waals surface area contributed by atoms with Gasteiger partial charge in [0.2, 0.25) is 0 Å². The van der Waals surface area contributed by atoms with E-state index in [4.69, 9.17) is 0 Å². The van der Waals surface area contributed by atoms with Crippen LogP contribution in [-0.2, 0) is 24.2 Å². The van der Waals surface area contributed by atoms with E-state index in [0.29, 0.717) is 0 Å². The molecule has 1 rings (SSSR count). The van der Waals surface area contributed by atoms with Gasteiger partial charge in [0.1, 0.15) is 0 Å². The van der Waals surface area contributed by atoms with Crippen LogP contribution in [0, 0.1) is 6.26 Å². The summed E-state index contributed by atoms with van der Waals surface area (Å²) in [5.74, 6) is 0. The van der Waals surface area contributed by atoms with Gasteiger partial charge in [-0.3, -0.25) is 0 Å². The third kappa shape index (κ3) is 3.95. The van der Waals surface area contributed by atoms with E-state index in [1.807, 2.05) is 30.3 Å². The molecule has 1 radical (unpaired) electrons. The van der Waals surface area contributed by atoms with Gasteiger partial charge in [-0.05, 0) is 0 Å². The average Bonchev–Trinajstić information content (AvgIpc) is 2.03. The molecule has 61 valence electrons. The second-order valence-electron chi connectivity index (χ2n) is 1.88. The Bertz CT molecular complexity index is 206. The fraction of sp³-hybridized carbons (Fsp3) is 0.111. The average molecular weight is 236 g/mol. The van der Waals surface area contributed by atoms with Gasteiger partial charge in [-0.1, -0.05) is 24.5 Å². The van der Waals surface area contributed by atoms with Crippen molar-refractivity contribution in [3.63, 3.8) is 0 Å². The predicted molar refractivity (Wildman–Crippen MR) is 41.2 cm³/mol. The SMILES string of the molecule is CO[C-]=Cc1ccccc1.[Rh]. The first-order valence-corrected chi connectivity index (χ1v) is 3.10. The van der Waals surface area contributed by atoms with Gasteiger partial charge in [0.05, 0.1) is 7.11 Å². The maximum absolute atomic E-state index is 4.64. The van der Waals surface area contributed by atoms with Crippen LogP contribution in [0.15, 0.2) is 30.3 Å². The molecule has 0 aliphatic heterocycles. The third-order valence-electron chi connectivity index (χ3n) is 1.14. The van der Waals surface area contributed by atoms with Gasteiger partial charge >= 0.3 is 0 Å². The maximum Gasteiger partial charge on any atom is 0.0511 e. The Labute approximate surface area is 79.8 Å². The topological polar surface area (TPSA) is 9.23 Å². The van der Waals surface area contributed by atoms with Crippen molar-refractivity contribution in [2.24, 2.45) is 0 Å². The molecule has 0 saturated heterocycles. The van der Waals surface area contributed by atoms with E-state index in [1.165, 1.54) is 0 Å². The van der Waals surface area contributed by atoms with Crippen LogP contribution in [-0.4, -0.2) is 7.11 Å². The number of hydrogen-bond acceptors (Lipinski definition) is 1. The zero-order valence-corrected chi connectivity index (χ0v) is 7.84. The summed E-state index contributed by atoms with van der Waals surface area (Å²) in [6.07, 6.45) is 4.43. The van der Waals surface area contributed by atoms with Crippen LogP contribution in [0.3, 0.4) is 0 Å². The van der Waals surface area contributed by atoms with Gasteiger partial charge in [0.15, 0.2) is 0 Å². The zero-order valence-electron chi connectivity index (χ0n) is 6.21. The van der Waals surface area contributed by atoms with Gasteiger partial charge in [0.25, 0.3) is 0 Å². The minimum Gasteiger partial charge on any atom is -0.596 e. The van der Waals surface area contributed by atoms with Crippen molar-refractivity contribution in [2.45, 2.75) is 0 Å². The minimum atomic E-state index is 0. The van der Waals surface area contributed by atoms with Gasteiger partial charge in [-0.25, -0.2) is 0 Å². The van der Waals surface area contributed by atoms with Gasteiger partial charge in [-0.2, -0.15) is 11.6 Å². The Hall–Kier alpha value is -0.617. The molecule has 1 aromatic rings. The zero-order chi connectivity index (χ0) is 7.23. The summed E-state index contributed by atoms with van der Waals surface area (Å²) in [5, 5.41) is 0. The Kier molecular flexibility index (Phi) is 5.77. The van der Waals surface area contributed by atoms with Crippen LogP contribution in [0.4, 0.5) is 0 Å².